The molecule has 3 aromatic rings. The summed E-state index contributed by atoms with van der Waals surface area (Å²) in [5, 5.41) is 3.10. The molecule has 0 aromatic heterocycles. The Hall–Kier alpha value is -4.13. The van der Waals surface area contributed by atoms with Crippen LogP contribution in [-0.4, -0.2) is 25.0 Å². The lowest BCUT2D eigenvalue weighted by Gasteiger charge is -2.19. The number of ether oxygens (including phenoxy) is 2. The first kappa shape index (κ1) is 22.1. The molecule has 0 aliphatic carbocycles. The second kappa shape index (κ2) is 9.56. The van der Waals surface area contributed by atoms with E-state index in [4.69, 9.17) is 9.47 Å². The van der Waals surface area contributed by atoms with E-state index in [1.54, 1.807) is 42.5 Å². The van der Waals surface area contributed by atoms with Gasteiger partial charge in [-0.05, 0) is 55.8 Å². The number of halogens is 1. The molecule has 2 amide bonds. The van der Waals surface area contributed by atoms with Crippen LogP contribution >= 0.6 is 0 Å². The Labute approximate surface area is 191 Å². The van der Waals surface area contributed by atoms with Crippen LogP contribution in [0.2, 0.25) is 0 Å². The fourth-order valence-corrected chi connectivity index (χ4v) is 3.65. The Morgan fingerprint density at radius 2 is 1.39 bits per heavy atom. The Morgan fingerprint density at radius 1 is 0.788 bits per heavy atom. The molecule has 6 nitrogen and oxygen atoms in total. The van der Waals surface area contributed by atoms with Crippen molar-refractivity contribution in [3.05, 3.63) is 89.9 Å². The van der Waals surface area contributed by atoms with E-state index >= 15 is 0 Å². The average molecular weight is 446 g/mol. The number of nitrogens with zero attached hydrogens (tertiary/aromatic N) is 1. The predicted octanol–water partition coefficient (Wildman–Crippen LogP) is 5.02. The third-order valence-electron chi connectivity index (χ3n) is 5.07. The molecule has 0 fully saturated rings. The minimum Gasteiger partial charge on any atom is -0.492 e. The van der Waals surface area contributed by atoms with Crippen molar-refractivity contribution in [3.63, 3.8) is 0 Å². The molecular formula is C26H23FN2O4. The Bertz CT molecular complexity index is 1220. The summed E-state index contributed by atoms with van der Waals surface area (Å²) in [5.74, 6) is -0.561. The normalized spacial score (nSPS) is 13.5. The zero-order valence-electron chi connectivity index (χ0n) is 18.3. The summed E-state index contributed by atoms with van der Waals surface area (Å²) >= 11 is 0. The van der Waals surface area contributed by atoms with Crippen molar-refractivity contribution in [2.24, 2.45) is 0 Å². The van der Waals surface area contributed by atoms with Gasteiger partial charge in [0.1, 0.15) is 23.0 Å². The highest BCUT2D eigenvalue weighted by atomic mass is 19.1. The zero-order chi connectivity index (χ0) is 23.4. The van der Waals surface area contributed by atoms with Crippen LogP contribution in [-0.2, 0) is 9.59 Å². The molecule has 4 rings (SSSR count). The fraction of sp³-hybridized carbons (Fsp3) is 0.154. The number of nitrogens with one attached hydrogen (secondary N) is 1. The van der Waals surface area contributed by atoms with E-state index in [0.717, 1.165) is 4.90 Å². The smallest absolute Gasteiger partial charge is 0.282 e. The van der Waals surface area contributed by atoms with Gasteiger partial charge in [-0.2, -0.15) is 0 Å². The molecule has 0 saturated carbocycles. The van der Waals surface area contributed by atoms with Gasteiger partial charge in [-0.1, -0.05) is 36.4 Å². The largest absolute Gasteiger partial charge is 0.492 e. The maximum Gasteiger partial charge on any atom is 0.282 e. The number of carbonyl (C=O) groups is 2. The Morgan fingerprint density at radius 3 is 2.09 bits per heavy atom. The van der Waals surface area contributed by atoms with Crippen LogP contribution < -0.4 is 19.7 Å². The van der Waals surface area contributed by atoms with E-state index in [-0.39, 0.29) is 11.3 Å². The number of para-hydroxylation sites is 4. The average Bonchev–Trinajstić information content (AvgIpc) is 3.06. The number of hydrogen-bond acceptors (Lipinski definition) is 5. The van der Waals surface area contributed by atoms with Crippen molar-refractivity contribution in [1.82, 2.24) is 0 Å². The van der Waals surface area contributed by atoms with Gasteiger partial charge in [-0.3, -0.25) is 9.59 Å². The SMILES string of the molecule is CCOc1ccccc1NC1=C(c2ccc(F)cc2)C(=O)N(c2ccccc2OCC)C1=O. The van der Waals surface area contributed by atoms with E-state index < -0.39 is 17.6 Å². The summed E-state index contributed by atoms with van der Waals surface area (Å²) in [6.45, 7) is 4.49. The molecule has 0 radical (unpaired) electrons. The van der Waals surface area contributed by atoms with Gasteiger partial charge in [0.25, 0.3) is 11.8 Å². The van der Waals surface area contributed by atoms with Crippen molar-refractivity contribution >= 4 is 28.8 Å². The number of hydrogen-bond donors (Lipinski definition) is 1. The van der Waals surface area contributed by atoms with Crippen molar-refractivity contribution in [2.75, 3.05) is 23.4 Å². The van der Waals surface area contributed by atoms with Gasteiger partial charge in [0, 0.05) is 0 Å². The molecule has 1 aliphatic heterocycles. The summed E-state index contributed by atoms with van der Waals surface area (Å²) in [6.07, 6.45) is 0. The molecule has 7 heteroatoms. The van der Waals surface area contributed by atoms with Gasteiger partial charge in [0.15, 0.2) is 0 Å². The molecule has 0 spiro atoms. The third kappa shape index (κ3) is 4.30. The van der Waals surface area contributed by atoms with Crippen molar-refractivity contribution < 1.29 is 23.5 Å². The molecule has 168 valence electrons. The first-order valence-electron chi connectivity index (χ1n) is 10.6. The maximum absolute atomic E-state index is 13.6. The lowest BCUT2D eigenvalue weighted by atomic mass is 10.0. The van der Waals surface area contributed by atoms with E-state index in [1.807, 2.05) is 19.9 Å². The van der Waals surface area contributed by atoms with E-state index in [1.165, 1.54) is 24.3 Å². The minimum atomic E-state index is -0.544. The molecule has 0 saturated heterocycles. The van der Waals surface area contributed by atoms with Gasteiger partial charge in [0.2, 0.25) is 0 Å². The lowest BCUT2D eigenvalue weighted by Crippen LogP contribution is -2.32. The molecule has 1 N–H and O–H groups in total. The first-order valence-corrected chi connectivity index (χ1v) is 10.6. The predicted molar refractivity (Wildman–Crippen MR) is 125 cm³/mol. The molecule has 0 atom stereocenters. The molecule has 0 bridgehead atoms. The zero-order valence-corrected chi connectivity index (χ0v) is 18.3. The Kier molecular flexibility index (Phi) is 6.40. The number of anilines is 2. The number of rotatable bonds is 8. The molecule has 33 heavy (non-hydrogen) atoms. The molecular weight excluding hydrogens is 423 g/mol. The van der Waals surface area contributed by atoms with Crippen LogP contribution in [0.3, 0.4) is 0 Å². The van der Waals surface area contributed by atoms with Gasteiger partial charge < -0.3 is 14.8 Å². The van der Waals surface area contributed by atoms with Crippen LogP contribution in [0.1, 0.15) is 19.4 Å². The maximum atomic E-state index is 13.6. The first-order chi connectivity index (χ1) is 16.0. The number of imide groups is 1. The number of amides is 2. The summed E-state index contributed by atoms with van der Waals surface area (Å²) in [4.78, 5) is 28.3. The van der Waals surface area contributed by atoms with Gasteiger partial charge >= 0.3 is 0 Å². The lowest BCUT2D eigenvalue weighted by molar-refractivity contribution is -0.120. The highest BCUT2D eigenvalue weighted by Crippen LogP contribution is 2.38. The molecule has 0 unspecified atom stereocenters. The van der Waals surface area contributed by atoms with Gasteiger partial charge in [0.05, 0.1) is 30.2 Å². The van der Waals surface area contributed by atoms with Crippen molar-refractivity contribution in [2.45, 2.75) is 13.8 Å². The van der Waals surface area contributed by atoms with E-state index in [9.17, 15) is 14.0 Å². The van der Waals surface area contributed by atoms with Gasteiger partial charge in [-0.25, -0.2) is 9.29 Å². The monoisotopic (exact) mass is 446 g/mol. The van der Waals surface area contributed by atoms with Gasteiger partial charge in [-0.15, -0.1) is 0 Å². The molecule has 1 aliphatic rings. The topological polar surface area (TPSA) is 67.9 Å². The van der Waals surface area contributed by atoms with Crippen LogP contribution in [0.4, 0.5) is 15.8 Å². The van der Waals surface area contributed by atoms with Crippen LogP contribution in [0, 0.1) is 5.82 Å². The van der Waals surface area contributed by atoms with E-state index in [2.05, 4.69) is 5.32 Å². The third-order valence-corrected chi connectivity index (χ3v) is 5.07. The van der Waals surface area contributed by atoms with Crippen molar-refractivity contribution in [3.8, 4) is 11.5 Å². The highest BCUT2D eigenvalue weighted by molar-refractivity contribution is 6.46. The summed E-state index contributed by atoms with van der Waals surface area (Å²) in [6, 6.07) is 19.5. The summed E-state index contributed by atoms with van der Waals surface area (Å²) in [7, 11) is 0. The second-order valence-electron chi connectivity index (χ2n) is 7.16. The van der Waals surface area contributed by atoms with Crippen LogP contribution in [0.5, 0.6) is 11.5 Å². The molecule has 1 heterocycles. The number of carbonyl (C=O) groups excluding carboxylic acids is 2. The Balaban J connectivity index is 1.84. The van der Waals surface area contributed by atoms with Crippen LogP contribution in [0.15, 0.2) is 78.5 Å². The fourth-order valence-electron chi connectivity index (χ4n) is 3.65. The minimum absolute atomic E-state index is 0.0741. The number of benzene rings is 3. The quantitative estimate of drug-likeness (QED) is 0.492. The molecule has 3 aromatic carbocycles. The second-order valence-corrected chi connectivity index (χ2v) is 7.16. The summed E-state index contributed by atoms with van der Waals surface area (Å²) in [5.41, 5.74) is 1.50. The standard InChI is InChI=1S/C26H23FN2O4/c1-3-32-21-11-7-5-9-19(21)28-24-23(17-13-15-18(27)16-14-17)25(30)29(26(24)31)20-10-6-8-12-22(20)33-4-2/h5-16,28H,3-4H2,1-2H3. The van der Waals surface area contributed by atoms with Crippen LogP contribution in [0.25, 0.3) is 5.57 Å². The summed E-state index contributed by atoms with van der Waals surface area (Å²) < 4.78 is 24.9. The highest BCUT2D eigenvalue weighted by Gasteiger charge is 2.41. The van der Waals surface area contributed by atoms with Crippen molar-refractivity contribution in [1.29, 1.82) is 0 Å². The van der Waals surface area contributed by atoms with E-state index in [0.29, 0.717) is 41.7 Å².